The van der Waals surface area contributed by atoms with Gasteiger partial charge in [0.15, 0.2) is 5.05 Å². The molecule has 0 atom stereocenters. The highest BCUT2D eigenvalue weighted by molar-refractivity contribution is 7.86. The summed E-state index contributed by atoms with van der Waals surface area (Å²) in [6.45, 7) is -1.17. The number of allylic oxidation sites excluding steroid dienone is 2. The molecule has 0 aliphatic carbocycles. The van der Waals surface area contributed by atoms with E-state index in [1.54, 1.807) is 6.08 Å². The lowest BCUT2D eigenvalue weighted by Gasteiger charge is -2.11. The highest BCUT2D eigenvalue weighted by Crippen LogP contribution is 2.23. The van der Waals surface area contributed by atoms with Crippen LogP contribution >= 0.6 is 12.2 Å². The molecule has 2 rings (SSSR count). The number of carbonyl (C=O) groups is 1. The molecule has 0 bridgehead atoms. The van der Waals surface area contributed by atoms with E-state index in [0.29, 0.717) is 5.57 Å². The van der Waals surface area contributed by atoms with Crippen LogP contribution in [0.4, 0.5) is 0 Å². The summed E-state index contributed by atoms with van der Waals surface area (Å²) in [6.07, 6.45) is 2.89. The van der Waals surface area contributed by atoms with Crippen LogP contribution in [0.2, 0.25) is 0 Å². The average molecular weight is 527 g/mol. The lowest BCUT2D eigenvalue weighted by molar-refractivity contribution is -0.137. The Kier molecular flexibility index (Phi) is 10.1. The Morgan fingerprint density at radius 3 is 1.65 bits per heavy atom. The van der Waals surface area contributed by atoms with Gasteiger partial charge in [-0.1, -0.05) is 66.7 Å². The third kappa shape index (κ3) is 9.93. The first kappa shape index (κ1) is 27.3. The zero-order valence-corrected chi connectivity index (χ0v) is 20.2. The Hall–Kier alpha value is -2.90. The van der Waals surface area contributed by atoms with Crippen molar-refractivity contribution in [3.05, 3.63) is 89.5 Å². The number of thiocarbonyl (C=S) groups is 1. The summed E-state index contributed by atoms with van der Waals surface area (Å²) in [5, 5.41) is -0.419. The van der Waals surface area contributed by atoms with Crippen LogP contribution in [0.3, 0.4) is 0 Å². The molecule has 0 saturated heterocycles. The maximum absolute atomic E-state index is 12.6. The summed E-state index contributed by atoms with van der Waals surface area (Å²) in [4.78, 5) is 12.6. The summed E-state index contributed by atoms with van der Waals surface area (Å²) in [5.74, 6) is -2.62. The van der Waals surface area contributed by atoms with Gasteiger partial charge >= 0.3 is 5.97 Å². The van der Waals surface area contributed by atoms with Crippen LogP contribution in [0.5, 0.6) is 0 Å². The van der Waals surface area contributed by atoms with Gasteiger partial charge in [-0.3, -0.25) is 9.11 Å². The van der Waals surface area contributed by atoms with E-state index in [0.717, 1.165) is 11.1 Å². The van der Waals surface area contributed by atoms with Crippen molar-refractivity contribution in [2.45, 2.75) is 0 Å². The first-order valence-corrected chi connectivity index (χ1v) is 13.4. The fourth-order valence-electron chi connectivity index (χ4n) is 2.62. The second-order valence-electron chi connectivity index (χ2n) is 6.74. The van der Waals surface area contributed by atoms with Gasteiger partial charge in [0.2, 0.25) is 0 Å². The number of hydrogen-bond donors (Lipinski definition) is 2. The monoisotopic (exact) mass is 526 g/mol. The molecule has 2 N–H and O–H groups in total. The molecule has 0 radical (unpaired) electrons. The first-order valence-electron chi connectivity index (χ1n) is 9.74. The van der Waals surface area contributed by atoms with Crippen molar-refractivity contribution < 1.29 is 40.2 Å². The summed E-state index contributed by atoms with van der Waals surface area (Å²) in [5.41, 5.74) is 2.07. The van der Waals surface area contributed by atoms with Crippen LogP contribution in [0.25, 0.3) is 5.57 Å². The molecular weight excluding hydrogens is 504 g/mol. The van der Waals surface area contributed by atoms with Crippen molar-refractivity contribution in [3.8, 4) is 0 Å². The fourth-order valence-corrected chi connectivity index (χ4v) is 3.44. The Balaban J connectivity index is 2.40. The highest BCUT2D eigenvalue weighted by atomic mass is 32.2. The van der Waals surface area contributed by atoms with Crippen LogP contribution in [0.1, 0.15) is 11.1 Å². The van der Waals surface area contributed by atoms with Gasteiger partial charge in [-0.2, -0.15) is 16.8 Å². The lowest BCUT2D eigenvalue weighted by atomic mass is 9.97. The summed E-state index contributed by atoms with van der Waals surface area (Å²) in [7, 11) is -8.68. The largest absolute Gasteiger partial charge is 0.482 e. The van der Waals surface area contributed by atoms with Gasteiger partial charge in [-0.15, -0.1) is 0 Å². The zero-order chi connectivity index (χ0) is 25.2. The van der Waals surface area contributed by atoms with E-state index in [9.17, 15) is 21.6 Å². The third-order valence-corrected chi connectivity index (χ3v) is 5.88. The van der Waals surface area contributed by atoms with Crippen molar-refractivity contribution in [3.63, 3.8) is 0 Å². The van der Waals surface area contributed by atoms with Gasteiger partial charge in [-0.25, -0.2) is 4.79 Å². The molecule has 0 unspecified atom stereocenters. The first-order chi connectivity index (χ1) is 16.0. The molecule has 0 fully saturated rings. The van der Waals surface area contributed by atoms with Gasteiger partial charge in [0.25, 0.3) is 20.2 Å². The number of hydrogen-bond acceptors (Lipinski definition) is 8. The Morgan fingerprint density at radius 2 is 1.21 bits per heavy atom. The molecule has 0 heterocycles. The van der Waals surface area contributed by atoms with Gasteiger partial charge in [0.05, 0.1) is 0 Å². The second kappa shape index (κ2) is 12.5. The molecule has 34 heavy (non-hydrogen) atoms. The van der Waals surface area contributed by atoms with Gasteiger partial charge in [0.1, 0.15) is 30.3 Å². The van der Waals surface area contributed by atoms with E-state index in [2.05, 4.69) is 0 Å². The molecule has 0 spiro atoms. The molecule has 0 aliphatic heterocycles. The van der Waals surface area contributed by atoms with E-state index in [-0.39, 0.29) is 5.57 Å². The maximum atomic E-state index is 12.6. The number of rotatable bonds is 11. The number of carbonyl (C=O) groups excluding carboxylic acids is 1. The normalized spacial score (nSPS) is 12.0. The van der Waals surface area contributed by atoms with E-state index >= 15 is 0 Å². The second-order valence-corrected chi connectivity index (χ2v) is 10.3. The smallest absolute Gasteiger partial charge is 0.342 e. The molecule has 2 aromatic carbocycles. The van der Waals surface area contributed by atoms with Gasteiger partial charge < -0.3 is 9.47 Å². The minimum Gasteiger partial charge on any atom is -0.482 e. The van der Waals surface area contributed by atoms with Crippen LogP contribution in [-0.4, -0.2) is 61.7 Å². The van der Waals surface area contributed by atoms with Crippen LogP contribution in [-0.2, 0) is 34.5 Å². The molecule has 9 nitrogen and oxygen atoms in total. The summed E-state index contributed by atoms with van der Waals surface area (Å²) in [6, 6.07) is 18.5. The fraction of sp³-hybridized carbons (Fsp3) is 0.182. The van der Waals surface area contributed by atoms with Crippen LogP contribution < -0.4 is 0 Å². The number of ether oxygens (including phenoxy) is 2. The van der Waals surface area contributed by atoms with Gasteiger partial charge in [0, 0.05) is 0 Å². The highest BCUT2D eigenvalue weighted by Gasteiger charge is 2.19. The van der Waals surface area contributed by atoms with Crippen molar-refractivity contribution in [1.82, 2.24) is 0 Å². The topological polar surface area (TPSA) is 144 Å². The van der Waals surface area contributed by atoms with E-state index in [1.165, 1.54) is 6.08 Å². The van der Waals surface area contributed by atoms with Crippen molar-refractivity contribution in [1.29, 1.82) is 0 Å². The van der Waals surface area contributed by atoms with Gasteiger partial charge in [-0.05, 0) is 35.0 Å². The summed E-state index contributed by atoms with van der Waals surface area (Å²) < 4.78 is 71.3. The molecule has 0 saturated carbocycles. The van der Waals surface area contributed by atoms with Crippen molar-refractivity contribution in [2.75, 3.05) is 24.7 Å². The zero-order valence-electron chi connectivity index (χ0n) is 17.7. The minimum absolute atomic E-state index is 0.287. The Morgan fingerprint density at radius 1 is 0.765 bits per heavy atom. The van der Waals surface area contributed by atoms with Crippen molar-refractivity contribution in [2.24, 2.45) is 0 Å². The average Bonchev–Trinajstić information content (AvgIpc) is 2.76. The molecule has 12 heteroatoms. The number of benzene rings is 2. The standard InChI is InChI=1S/C22H22O9S3/c23-21(30-13-15-33(24,25)26)20(22(32)31-14-16-34(27,28)29)12-11-19(17-7-3-1-4-8-17)18-9-5-2-6-10-18/h1-12H,13-16H2,(H,24,25,26)(H,27,28,29)/b20-12+. The molecular formula is C22H22O9S3. The molecule has 0 aliphatic rings. The maximum Gasteiger partial charge on any atom is 0.342 e. The molecule has 0 aromatic heterocycles. The summed E-state index contributed by atoms with van der Waals surface area (Å²) >= 11 is 5.08. The number of esters is 1. The minimum atomic E-state index is -4.36. The molecule has 2 aromatic rings. The third-order valence-electron chi connectivity index (χ3n) is 4.17. The van der Waals surface area contributed by atoms with E-state index in [4.69, 9.17) is 30.8 Å². The van der Waals surface area contributed by atoms with Crippen LogP contribution in [0, 0.1) is 0 Å². The van der Waals surface area contributed by atoms with E-state index in [1.807, 2.05) is 60.7 Å². The Bertz CT molecular complexity index is 1170. The van der Waals surface area contributed by atoms with E-state index < -0.39 is 56.0 Å². The SMILES string of the molecule is O=C(OCCS(=O)(=O)O)/C(=C\C=C(c1ccccc1)c1ccccc1)C(=S)OCCS(=O)(=O)O. The van der Waals surface area contributed by atoms with Crippen molar-refractivity contribution >= 4 is 49.0 Å². The Labute approximate surface area is 203 Å². The van der Waals surface area contributed by atoms with Crippen LogP contribution in [0.15, 0.2) is 78.4 Å². The lowest BCUT2D eigenvalue weighted by Crippen LogP contribution is -2.22. The molecule has 0 amide bonds. The molecule has 182 valence electrons. The predicted octanol–water partition coefficient (Wildman–Crippen LogP) is 2.71. The quantitative estimate of drug-likeness (QED) is 0.147. The predicted molar refractivity (Wildman–Crippen MR) is 130 cm³/mol.